The highest BCUT2D eigenvalue weighted by atomic mass is 127. The second-order valence-corrected chi connectivity index (χ2v) is 7.92. The van der Waals surface area contributed by atoms with Crippen LogP contribution in [-0.2, 0) is 24.2 Å². The van der Waals surface area contributed by atoms with E-state index in [0.717, 1.165) is 57.5 Å². The molecular weight excluding hydrogens is 515 g/mol. The zero-order chi connectivity index (χ0) is 21.9. The summed E-state index contributed by atoms with van der Waals surface area (Å²) in [4.78, 5) is 7.25. The number of halogens is 1. The molecule has 1 aliphatic rings. The lowest BCUT2D eigenvalue weighted by Gasteiger charge is -2.31. The Morgan fingerprint density at radius 3 is 2.75 bits per heavy atom. The molecule has 1 atom stereocenters. The number of aliphatic imine (C=N–C) groups is 1. The Labute approximate surface area is 209 Å². The van der Waals surface area contributed by atoms with Crippen LogP contribution in [0.15, 0.2) is 53.5 Å². The van der Waals surface area contributed by atoms with Crippen molar-refractivity contribution < 1.29 is 9.47 Å². The Bertz CT molecular complexity index is 846. The molecule has 0 amide bonds. The molecule has 1 saturated heterocycles. The van der Waals surface area contributed by atoms with Crippen molar-refractivity contribution in [3.63, 3.8) is 0 Å². The van der Waals surface area contributed by atoms with Gasteiger partial charge in [-0.15, -0.1) is 24.0 Å². The summed E-state index contributed by atoms with van der Waals surface area (Å²) in [6.07, 6.45) is 1.19. The molecule has 176 valence electrons. The third-order valence-electron chi connectivity index (χ3n) is 5.37. The number of ether oxygens (including phenoxy) is 2. The van der Waals surface area contributed by atoms with Crippen LogP contribution in [0.25, 0.3) is 0 Å². The first-order valence-corrected chi connectivity index (χ1v) is 11.2. The molecule has 0 aliphatic carbocycles. The molecule has 32 heavy (non-hydrogen) atoms. The SMILES string of the molecule is CCNC(=NCc1cccc(CN2CCOC(C)C2)c1)NCCc1ccccc1OC.I. The summed E-state index contributed by atoms with van der Waals surface area (Å²) < 4.78 is 11.1. The van der Waals surface area contributed by atoms with Crippen molar-refractivity contribution in [2.24, 2.45) is 4.99 Å². The molecule has 1 aliphatic heterocycles. The first-order chi connectivity index (χ1) is 15.2. The average molecular weight is 553 g/mol. The van der Waals surface area contributed by atoms with Gasteiger partial charge in [-0.1, -0.05) is 42.5 Å². The van der Waals surface area contributed by atoms with Gasteiger partial charge in [-0.05, 0) is 43.0 Å². The fourth-order valence-corrected chi connectivity index (χ4v) is 3.86. The van der Waals surface area contributed by atoms with Crippen molar-refractivity contribution >= 4 is 29.9 Å². The topological polar surface area (TPSA) is 58.1 Å². The largest absolute Gasteiger partial charge is 0.496 e. The van der Waals surface area contributed by atoms with E-state index in [1.807, 2.05) is 18.2 Å². The number of nitrogens with one attached hydrogen (secondary N) is 2. The van der Waals surface area contributed by atoms with Crippen molar-refractivity contribution in [2.75, 3.05) is 39.9 Å². The van der Waals surface area contributed by atoms with Crippen LogP contribution >= 0.6 is 24.0 Å². The van der Waals surface area contributed by atoms with Gasteiger partial charge in [-0.2, -0.15) is 0 Å². The predicted octanol–water partition coefficient (Wildman–Crippen LogP) is 3.83. The second kappa shape index (κ2) is 14.3. The number of guanidine groups is 1. The van der Waals surface area contributed by atoms with Gasteiger partial charge in [0.25, 0.3) is 0 Å². The van der Waals surface area contributed by atoms with Crippen LogP contribution in [-0.4, -0.2) is 56.9 Å². The molecule has 6 nitrogen and oxygen atoms in total. The van der Waals surface area contributed by atoms with E-state index in [9.17, 15) is 0 Å². The van der Waals surface area contributed by atoms with E-state index in [0.29, 0.717) is 12.6 Å². The van der Waals surface area contributed by atoms with Crippen molar-refractivity contribution in [3.05, 3.63) is 65.2 Å². The Morgan fingerprint density at radius 1 is 1.16 bits per heavy atom. The molecule has 2 N–H and O–H groups in total. The summed E-state index contributed by atoms with van der Waals surface area (Å²) >= 11 is 0. The Kier molecular flexibility index (Phi) is 11.8. The Morgan fingerprint density at radius 2 is 1.97 bits per heavy atom. The van der Waals surface area contributed by atoms with E-state index in [-0.39, 0.29) is 24.0 Å². The van der Waals surface area contributed by atoms with Gasteiger partial charge in [0.2, 0.25) is 0 Å². The van der Waals surface area contributed by atoms with Gasteiger partial charge in [0.15, 0.2) is 5.96 Å². The zero-order valence-electron chi connectivity index (χ0n) is 19.5. The van der Waals surface area contributed by atoms with Gasteiger partial charge >= 0.3 is 0 Å². The molecule has 7 heteroatoms. The maximum atomic E-state index is 5.65. The normalized spacial score (nSPS) is 16.8. The zero-order valence-corrected chi connectivity index (χ0v) is 21.8. The lowest BCUT2D eigenvalue weighted by atomic mass is 10.1. The standard InChI is InChI=1S/C25H36N4O2.HI/c1-4-26-25(27-13-12-23-10-5-6-11-24(23)30-3)28-17-21-8-7-9-22(16-21)19-29-14-15-31-20(2)18-29;/h5-11,16,20H,4,12-15,17-19H2,1-3H3,(H2,26,27,28);1H. The smallest absolute Gasteiger partial charge is 0.191 e. The van der Waals surface area contributed by atoms with Gasteiger partial charge in [-0.3, -0.25) is 4.90 Å². The van der Waals surface area contributed by atoms with Crippen molar-refractivity contribution in [1.29, 1.82) is 0 Å². The van der Waals surface area contributed by atoms with Crippen LogP contribution < -0.4 is 15.4 Å². The van der Waals surface area contributed by atoms with Gasteiger partial charge < -0.3 is 20.1 Å². The lowest BCUT2D eigenvalue weighted by molar-refractivity contribution is -0.0212. The third kappa shape index (κ3) is 8.60. The number of hydrogen-bond acceptors (Lipinski definition) is 4. The molecule has 0 aromatic heterocycles. The first kappa shape index (κ1) is 26.4. The van der Waals surface area contributed by atoms with Gasteiger partial charge in [0, 0.05) is 32.7 Å². The molecule has 0 bridgehead atoms. The highest BCUT2D eigenvalue weighted by Crippen LogP contribution is 2.17. The number of rotatable bonds is 9. The number of hydrogen-bond donors (Lipinski definition) is 2. The fourth-order valence-electron chi connectivity index (χ4n) is 3.86. The molecule has 0 spiro atoms. The monoisotopic (exact) mass is 552 g/mol. The van der Waals surface area contributed by atoms with Crippen molar-refractivity contribution in [2.45, 2.75) is 39.5 Å². The molecular formula is C25H37IN4O2. The highest BCUT2D eigenvalue weighted by molar-refractivity contribution is 14.0. The lowest BCUT2D eigenvalue weighted by Crippen LogP contribution is -2.40. The maximum Gasteiger partial charge on any atom is 0.191 e. The Hall–Kier alpha value is -1.84. The predicted molar refractivity (Wildman–Crippen MR) is 142 cm³/mol. The van der Waals surface area contributed by atoms with E-state index in [1.165, 1.54) is 16.7 Å². The van der Waals surface area contributed by atoms with Crippen LogP contribution in [0.4, 0.5) is 0 Å². The molecule has 1 heterocycles. The van der Waals surface area contributed by atoms with Crippen LogP contribution in [0.5, 0.6) is 5.75 Å². The molecule has 0 saturated carbocycles. The summed E-state index contributed by atoms with van der Waals surface area (Å²) in [5.74, 6) is 1.77. The molecule has 0 radical (unpaired) electrons. The van der Waals surface area contributed by atoms with Crippen LogP contribution in [0.3, 0.4) is 0 Å². The number of para-hydroxylation sites is 1. The number of morpholine rings is 1. The van der Waals surface area contributed by atoms with E-state index in [2.05, 4.69) is 59.7 Å². The van der Waals surface area contributed by atoms with Crippen LogP contribution in [0, 0.1) is 0 Å². The number of nitrogens with zero attached hydrogens (tertiary/aromatic N) is 2. The quantitative estimate of drug-likeness (QED) is 0.282. The summed E-state index contributed by atoms with van der Waals surface area (Å²) in [7, 11) is 1.71. The third-order valence-corrected chi connectivity index (χ3v) is 5.37. The molecule has 1 unspecified atom stereocenters. The van der Waals surface area contributed by atoms with Crippen LogP contribution in [0.1, 0.15) is 30.5 Å². The van der Waals surface area contributed by atoms with E-state index in [1.54, 1.807) is 7.11 Å². The molecule has 2 aromatic carbocycles. The summed E-state index contributed by atoms with van der Waals surface area (Å²) in [5, 5.41) is 6.78. The minimum Gasteiger partial charge on any atom is -0.496 e. The molecule has 1 fully saturated rings. The Balaban J connectivity index is 0.00000363. The summed E-state index contributed by atoms with van der Waals surface area (Å²) in [6, 6.07) is 16.9. The summed E-state index contributed by atoms with van der Waals surface area (Å²) in [5.41, 5.74) is 3.75. The van der Waals surface area contributed by atoms with Crippen molar-refractivity contribution in [3.8, 4) is 5.75 Å². The fraction of sp³-hybridized carbons (Fsp3) is 0.480. The number of benzene rings is 2. The molecule has 2 aromatic rings. The van der Waals surface area contributed by atoms with E-state index in [4.69, 9.17) is 14.5 Å². The number of methoxy groups -OCH3 is 1. The first-order valence-electron chi connectivity index (χ1n) is 11.2. The highest BCUT2D eigenvalue weighted by Gasteiger charge is 2.16. The van der Waals surface area contributed by atoms with E-state index >= 15 is 0 Å². The van der Waals surface area contributed by atoms with Crippen LogP contribution in [0.2, 0.25) is 0 Å². The van der Waals surface area contributed by atoms with Gasteiger partial charge in [0.1, 0.15) is 5.75 Å². The minimum absolute atomic E-state index is 0. The van der Waals surface area contributed by atoms with Crippen molar-refractivity contribution in [1.82, 2.24) is 15.5 Å². The van der Waals surface area contributed by atoms with E-state index < -0.39 is 0 Å². The molecule has 3 rings (SSSR count). The second-order valence-electron chi connectivity index (χ2n) is 7.92. The summed E-state index contributed by atoms with van der Waals surface area (Å²) in [6.45, 7) is 10.3. The minimum atomic E-state index is 0. The van der Waals surface area contributed by atoms with Gasteiger partial charge in [-0.25, -0.2) is 4.99 Å². The van der Waals surface area contributed by atoms with Gasteiger partial charge in [0.05, 0.1) is 26.4 Å². The maximum absolute atomic E-state index is 5.65. The average Bonchev–Trinajstić information content (AvgIpc) is 2.78.